The molecule has 3 heterocycles. The van der Waals surface area contributed by atoms with E-state index in [2.05, 4.69) is 9.38 Å². The molecule has 90 valence electrons. The fraction of sp³-hybridized carbons (Fsp3) is 0.462. The van der Waals surface area contributed by atoms with Crippen LogP contribution in [0.2, 0.25) is 0 Å². The van der Waals surface area contributed by atoms with E-state index in [1.165, 1.54) is 12.8 Å². The van der Waals surface area contributed by atoms with E-state index in [0.29, 0.717) is 6.10 Å². The Hall–Kier alpha value is -1.55. The van der Waals surface area contributed by atoms with Crippen molar-refractivity contribution in [2.45, 2.75) is 31.8 Å². The number of rotatable bonds is 2. The van der Waals surface area contributed by atoms with Gasteiger partial charge in [-0.1, -0.05) is 0 Å². The van der Waals surface area contributed by atoms with Crippen LogP contribution in [-0.4, -0.2) is 22.1 Å². The van der Waals surface area contributed by atoms with Crippen molar-refractivity contribution in [2.75, 3.05) is 12.3 Å². The highest BCUT2D eigenvalue weighted by molar-refractivity contribution is 5.55. The molecule has 1 aliphatic rings. The first-order valence-electron chi connectivity index (χ1n) is 6.16. The van der Waals surface area contributed by atoms with E-state index in [1.807, 2.05) is 24.5 Å². The highest BCUT2D eigenvalue weighted by Gasteiger charge is 2.16. The van der Waals surface area contributed by atoms with Crippen molar-refractivity contribution in [3.05, 3.63) is 30.4 Å². The average molecular weight is 231 g/mol. The predicted octanol–water partition coefficient (Wildman–Crippen LogP) is 2.03. The molecule has 17 heavy (non-hydrogen) atoms. The molecule has 1 unspecified atom stereocenters. The monoisotopic (exact) mass is 231 g/mol. The second-order valence-corrected chi connectivity index (χ2v) is 4.62. The number of nitrogen functional groups attached to an aromatic ring is 1. The van der Waals surface area contributed by atoms with Crippen LogP contribution in [0.15, 0.2) is 24.5 Å². The van der Waals surface area contributed by atoms with Crippen molar-refractivity contribution in [3.63, 3.8) is 0 Å². The van der Waals surface area contributed by atoms with Crippen LogP contribution in [0.5, 0.6) is 0 Å². The minimum Gasteiger partial charge on any atom is -0.399 e. The summed E-state index contributed by atoms with van der Waals surface area (Å²) in [6, 6.07) is 3.85. The van der Waals surface area contributed by atoms with Gasteiger partial charge in [0.1, 0.15) is 5.82 Å². The van der Waals surface area contributed by atoms with Crippen LogP contribution in [0.25, 0.3) is 5.52 Å². The number of ether oxygens (including phenoxy) is 1. The van der Waals surface area contributed by atoms with Crippen molar-refractivity contribution in [2.24, 2.45) is 0 Å². The van der Waals surface area contributed by atoms with Crippen molar-refractivity contribution >= 4 is 11.2 Å². The van der Waals surface area contributed by atoms with Gasteiger partial charge in [0.2, 0.25) is 0 Å². The third-order valence-corrected chi connectivity index (χ3v) is 3.32. The van der Waals surface area contributed by atoms with E-state index >= 15 is 0 Å². The largest absolute Gasteiger partial charge is 0.399 e. The van der Waals surface area contributed by atoms with Crippen LogP contribution in [0.1, 0.15) is 25.1 Å². The summed E-state index contributed by atoms with van der Waals surface area (Å²) in [6.07, 6.45) is 8.66. The number of aromatic nitrogens is 2. The molecule has 2 aromatic heterocycles. The molecule has 4 heteroatoms. The summed E-state index contributed by atoms with van der Waals surface area (Å²) in [7, 11) is 0. The number of hydrogen-bond acceptors (Lipinski definition) is 3. The fourth-order valence-electron chi connectivity index (χ4n) is 2.40. The molecular formula is C13H17N3O. The van der Waals surface area contributed by atoms with E-state index in [9.17, 15) is 0 Å². The lowest BCUT2D eigenvalue weighted by Gasteiger charge is -2.21. The Kier molecular flexibility index (Phi) is 2.73. The van der Waals surface area contributed by atoms with Gasteiger partial charge in [0, 0.05) is 24.9 Å². The van der Waals surface area contributed by atoms with Gasteiger partial charge in [0.15, 0.2) is 0 Å². The lowest BCUT2D eigenvalue weighted by atomic mass is 10.1. The summed E-state index contributed by atoms with van der Waals surface area (Å²) in [5.74, 6) is 1.06. The van der Waals surface area contributed by atoms with E-state index in [0.717, 1.165) is 36.5 Å². The molecule has 3 rings (SSSR count). The highest BCUT2D eigenvalue weighted by atomic mass is 16.5. The van der Waals surface area contributed by atoms with E-state index < -0.39 is 0 Å². The molecule has 4 nitrogen and oxygen atoms in total. The van der Waals surface area contributed by atoms with Crippen LogP contribution >= 0.6 is 0 Å². The smallest absolute Gasteiger partial charge is 0.115 e. The number of pyridine rings is 1. The molecule has 0 bridgehead atoms. The molecule has 1 atom stereocenters. The Bertz CT molecular complexity index is 514. The summed E-state index contributed by atoms with van der Waals surface area (Å²) in [4.78, 5) is 4.46. The minimum absolute atomic E-state index is 0.326. The molecule has 0 saturated carbocycles. The maximum Gasteiger partial charge on any atom is 0.115 e. The molecule has 1 aliphatic heterocycles. The summed E-state index contributed by atoms with van der Waals surface area (Å²) in [5.41, 5.74) is 7.58. The van der Waals surface area contributed by atoms with Gasteiger partial charge >= 0.3 is 0 Å². The lowest BCUT2D eigenvalue weighted by Crippen LogP contribution is -2.22. The summed E-state index contributed by atoms with van der Waals surface area (Å²) in [6.45, 7) is 0.890. The molecule has 2 aromatic rings. The average Bonchev–Trinajstić information content (AvgIpc) is 2.73. The lowest BCUT2D eigenvalue weighted by molar-refractivity contribution is 0.0156. The Morgan fingerprint density at radius 1 is 1.47 bits per heavy atom. The molecule has 0 radical (unpaired) electrons. The molecule has 1 saturated heterocycles. The summed E-state index contributed by atoms with van der Waals surface area (Å²) >= 11 is 0. The van der Waals surface area contributed by atoms with Crippen LogP contribution in [0, 0.1) is 0 Å². The standard InChI is InChI=1S/C13H17N3O/c14-10-4-5-16-11(7-10)9-15-13(16)8-12-3-1-2-6-17-12/h4-5,7,9,12H,1-3,6,8,14H2. The second-order valence-electron chi connectivity index (χ2n) is 4.62. The third kappa shape index (κ3) is 2.13. The molecule has 0 aliphatic carbocycles. The van der Waals surface area contributed by atoms with Gasteiger partial charge in [-0.05, 0) is 31.4 Å². The number of hydrogen-bond donors (Lipinski definition) is 1. The molecule has 0 amide bonds. The van der Waals surface area contributed by atoms with Crippen molar-refractivity contribution in [1.29, 1.82) is 0 Å². The number of anilines is 1. The second kappa shape index (κ2) is 4.37. The SMILES string of the molecule is Nc1ccn2c(CC3CCCCO3)ncc2c1. The fourth-order valence-corrected chi connectivity index (χ4v) is 2.40. The third-order valence-electron chi connectivity index (χ3n) is 3.32. The van der Waals surface area contributed by atoms with Gasteiger partial charge in [-0.2, -0.15) is 0 Å². The van der Waals surface area contributed by atoms with Crippen LogP contribution in [0.3, 0.4) is 0 Å². The molecule has 1 fully saturated rings. The first-order valence-corrected chi connectivity index (χ1v) is 6.16. The van der Waals surface area contributed by atoms with E-state index in [1.54, 1.807) is 0 Å². The van der Waals surface area contributed by atoms with Gasteiger partial charge in [-0.25, -0.2) is 4.98 Å². The van der Waals surface area contributed by atoms with Gasteiger partial charge in [-0.15, -0.1) is 0 Å². The maximum absolute atomic E-state index is 5.75. The first kappa shape index (κ1) is 10.6. The van der Waals surface area contributed by atoms with Crippen LogP contribution in [-0.2, 0) is 11.2 Å². The Morgan fingerprint density at radius 3 is 3.24 bits per heavy atom. The highest BCUT2D eigenvalue weighted by Crippen LogP contribution is 2.18. The summed E-state index contributed by atoms with van der Waals surface area (Å²) in [5, 5.41) is 0. The van der Waals surface area contributed by atoms with E-state index in [4.69, 9.17) is 10.5 Å². The van der Waals surface area contributed by atoms with Gasteiger partial charge in [0.05, 0.1) is 17.8 Å². The van der Waals surface area contributed by atoms with Crippen molar-refractivity contribution < 1.29 is 4.74 Å². The number of nitrogens with zero attached hydrogens (tertiary/aromatic N) is 2. The zero-order valence-electron chi connectivity index (χ0n) is 9.80. The topological polar surface area (TPSA) is 52.5 Å². The zero-order valence-corrected chi connectivity index (χ0v) is 9.80. The molecule has 0 spiro atoms. The van der Waals surface area contributed by atoms with Crippen molar-refractivity contribution in [3.8, 4) is 0 Å². The quantitative estimate of drug-likeness (QED) is 0.860. The maximum atomic E-state index is 5.75. The number of imidazole rings is 1. The van der Waals surface area contributed by atoms with Gasteiger partial charge in [0.25, 0.3) is 0 Å². The molecular weight excluding hydrogens is 214 g/mol. The minimum atomic E-state index is 0.326. The zero-order chi connectivity index (χ0) is 11.7. The van der Waals surface area contributed by atoms with Crippen LogP contribution in [0.4, 0.5) is 5.69 Å². The Labute approximate surface area is 100 Å². The number of fused-ring (bicyclic) bond motifs is 1. The molecule has 0 aromatic carbocycles. The van der Waals surface area contributed by atoms with Gasteiger partial charge in [-0.3, -0.25) is 0 Å². The van der Waals surface area contributed by atoms with Gasteiger partial charge < -0.3 is 14.9 Å². The first-order chi connectivity index (χ1) is 8.33. The number of nitrogens with two attached hydrogens (primary N) is 1. The Morgan fingerprint density at radius 2 is 2.41 bits per heavy atom. The normalized spacial score (nSPS) is 20.8. The van der Waals surface area contributed by atoms with E-state index in [-0.39, 0.29) is 0 Å². The Balaban J connectivity index is 1.84. The van der Waals surface area contributed by atoms with Crippen molar-refractivity contribution in [1.82, 2.24) is 9.38 Å². The predicted molar refractivity (Wildman–Crippen MR) is 66.9 cm³/mol. The summed E-state index contributed by atoms with van der Waals surface area (Å²) < 4.78 is 7.84. The van der Waals surface area contributed by atoms with Crippen LogP contribution < -0.4 is 5.73 Å². The molecule has 2 N–H and O–H groups in total.